The molecule has 1 saturated carbocycles. The summed E-state index contributed by atoms with van der Waals surface area (Å²) >= 11 is 1.47. The summed E-state index contributed by atoms with van der Waals surface area (Å²) in [7, 11) is 0. The lowest BCUT2D eigenvalue weighted by Crippen LogP contribution is -2.47. The van der Waals surface area contributed by atoms with Crippen LogP contribution in [-0.2, 0) is 6.54 Å². The SMILES string of the molecule is O=C(NCc1nnc(-c2ccccc2)s1)NC1CCCCC1CO. The first-order chi connectivity index (χ1) is 11.8. The van der Waals surface area contributed by atoms with Crippen molar-refractivity contribution in [3.8, 4) is 10.6 Å². The highest BCUT2D eigenvalue weighted by Gasteiger charge is 2.25. The number of aromatic nitrogens is 2. The summed E-state index contributed by atoms with van der Waals surface area (Å²) in [5, 5.41) is 25.1. The first-order valence-corrected chi connectivity index (χ1v) is 9.11. The summed E-state index contributed by atoms with van der Waals surface area (Å²) in [6, 6.07) is 9.70. The number of urea groups is 1. The zero-order chi connectivity index (χ0) is 16.8. The topological polar surface area (TPSA) is 87.1 Å². The molecule has 3 N–H and O–H groups in total. The molecule has 128 valence electrons. The van der Waals surface area contributed by atoms with Gasteiger partial charge in [-0.3, -0.25) is 0 Å². The van der Waals surface area contributed by atoms with Crippen LogP contribution in [0, 0.1) is 5.92 Å². The molecule has 3 rings (SSSR count). The average Bonchev–Trinajstić information content (AvgIpc) is 3.10. The lowest BCUT2D eigenvalue weighted by atomic mass is 9.85. The molecule has 0 saturated heterocycles. The summed E-state index contributed by atoms with van der Waals surface area (Å²) in [6.07, 6.45) is 4.12. The fourth-order valence-corrected chi connectivity index (χ4v) is 3.80. The second-order valence-electron chi connectivity index (χ2n) is 6.03. The number of amides is 2. The van der Waals surface area contributed by atoms with Crippen molar-refractivity contribution in [2.45, 2.75) is 38.3 Å². The van der Waals surface area contributed by atoms with E-state index in [-0.39, 0.29) is 24.6 Å². The van der Waals surface area contributed by atoms with E-state index in [4.69, 9.17) is 0 Å². The predicted molar refractivity (Wildman–Crippen MR) is 93.5 cm³/mol. The van der Waals surface area contributed by atoms with E-state index in [1.54, 1.807) is 0 Å². The van der Waals surface area contributed by atoms with Gasteiger partial charge in [0.15, 0.2) is 0 Å². The van der Waals surface area contributed by atoms with Crippen molar-refractivity contribution >= 4 is 17.4 Å². The number of rotatable bonds is 5. The summed E-state index contributed by atoms with van der Waals surface area (Å²) < 4.78 is 0. The number of benzene rings is 1. The lowest BCUT2D eigenvalue weighted by molar-refractivity contribution is 0.153. The van der Waals surface area contributed by atoms with Crippen LogP contribution in [0.15, 0.2) is 30.3 Å². The molecule has 6 nitrogen and oxygen atoms in total. The van der Waals surface area contributed by atoms with Crippen LogP contribution in [0.3, 0.4) is 0 Å². The minimum Gasteiger partial charge on any atom is -0.396 e. The maximum Gasteiger partial charge on any atom is 0.315 e. The quantitative estimate of drug-likeness (QED) is 0.776. The minimum atomic E-state index is -0.211. The van der Waals surface area contributed by atoms with Gasteiger partial charge in [-0.25, -0.2) is 4.79 Å². The standard InChI is InChI=1S/C17H22N4O2S/c22-11-13-8-4-5-9-14(13)19-17(23)18-10-15-20-21-16(24-15)12-6-2-1-3-7-12/h1-3,6-7,13-14,22H,4-5,8-11H2,(H2,18,19,23). The predicted octanol–water partition coefficient (Wildman–Crippen LogP) is 2.56. The van der Waals surface area contributed by atoms with Crippen LogP contribution in [-0.4, -0.2) is 34.0 Å². The Morgan fingerprint density at radius 1 is 1.21 bits per heavy atom. The van der Waals surface area contributed by atoms with Gasteiger partial charge in [0.05, 0.1) is 6.54 Å². The molecule has 0 spiro atoms. The zero-order valence-corrected chi connectivity index (χ0v) is 14.3. The van der Waals surface area contributed by atoms with Gasteiger partial charge in [0.1, 0.15) is 10.0 Å². The molecule has 2 amide bonds. The Labute approximate surface area is 145 Å². The van der Waals surface area contributed by atoms with Crippen molar-refractivity contribution < 1.29 is 9.90 Å². The molecule has 1 aromatic heterocycles. The molecule has 1 heterocycles. The smallest absolute Gasteiger partial charge is 0.315 e. The van der Waals surface area contributed by atoms with Gasteiger partial charge in [0.2, 0.25) is 0 Å². The number of hydrogen-bond acceptors (Lipinski definition) is 5. The van der Waals surface area contributed by atoms with E-state index in [0.717, 1.165) is 41.3 Å². The van der Waals surface area contributed by atoms with Crippen molar-refractivity contribution in [3.05, 3.63) is 35.3 Å². The van der Waals surface area contributed by atoms with Gasteiger partial charge in [-0.15, -0.1) is 10.2 Å². The van der Waals surface area contributed by atoms with E-state index in [1.807, 2.05) is 30.3 Å². The summed E-state index contributed by atoms with van der Waals surface area (Å²) in [5.74, 6) is 0.163. The molecule has 2 unspecified atom stereocenters. The Balaban J connectivity index is 1.50. The molecule has 24 heavy (non-hydrogen) atoms. The molecule has 1 fully saturated rings. The van der Waals surface area contributed by atoms with E-state index >= 15 is 0 Å². The lowest BCUT2D eigenvalue weighted by Gasteiger charge is -2.30. The molecule has 1 aliphatic carbocycles. The highest BCUT2D eigenvalue weighted by atomic mass is 32.1. The van der Waals surface area contributed by atoms with Crippen molar-refractivity contribution in [3.63, 3.8) is 0 Å². The van der Waals surface area contributed by atoms with Gasteiger partial charge in [-0.1, -0.05) is 54.5 Å². The van der Waals surface area contributed by atoms with E-state index in [1.165, 1.54) is 11.3 Å². The van der Waals surface area contributed by atoms with Crippen molar-refractivity contribution in [1.82, 2.24) is 20.8 Å². The van der Waals surface area contributed by atoms with E-state index in [0.29, 0.717) is 6.54 Å². The molecule has 0 radical (unpaired) electrons. The number of aliphatic hydroxyl groups is 1. The van der Waals surface area contributed by atoms with Crippen molar-refractivity contribution in [1.29, 1.82) is 0 Å². The first kappa shape index (κ1) is 16.9. The van der Waals surface area contributed by atoms with Crippen LogP contribution < -0.4 is 10.6 Å². The molecular formula is C17H22N4O2S. The molecule has 0 bridgehead atoms. The molecule has 1 aliphatic rings. The number of carbonyl (C=O) groups excluding carboxylic acids is 1. The van der Waals surface area contributed by atoms with Crippen LogP contribution in [0.25, 0.3) is 10.6 Å². The second kappa shape index (κ2) is 8.21. The van der Waals surface area contributed by atoms with Gasteiger partial charge < -0.3 is 15.7 Å². The summed E-state index contributed by atoms with van der Waals surface area (Å²) in [6.45, 7) is 0.481. The van der Waals surface area contributed by atoms with Gasteiger partial charge in [-0.2, -0.15) is 0 Å². The van der Waals surface area contributed by atoms with Crippen LogP contribution in [0.1, 0.15) is 30.7 Å². The molecule has 2 aromatic rings. The maximum absolute atomic E-state index is 12.1. The summed E-state index contributed by atoms with van der Waals surface area (Å²) in [5.41, 5.74) is 1.03. The zero-order valence-electron chi connectivity index (χ0n) is 13.4. The number of nitrogens with one attached hydrogen (secondary N) is 2. The monoisotopic (exact) mass is 346 g/mol. The number of carbonyl (C=O) groups is 1. The fourth-order valence-electron chi connectivity index (χ4n) is 3.01. The highest BCUT2D eigenvalue weighted by Crippen LogP contribution is 2.24. The Kier molecular flexibility index (Phi) is 5.77. The second-order valence-corrected chi connectivity index (χ2v) is 7.09. The number of aliphatic hydroxyl groups excluding tert-OH is 1. The highest BCUT2D eigenvalue weighted by molar-refractivity contribution is 7.14. The molecule has 7 heteroatoms. The number of hydrogen-bond donors (Lipinski definition) is 3. The third-order valence-corrected chi connectivity index (χ3v) is 5.32. The van der Waals surface area contributed by atoms with Gasteiger partial charge in [-0.05, 0) is 12.8 Å². The Morgan fingerprint density at radius 2 is 2.00 bits per heavy atom. The van der Waals surface area contributed by atoms with Crippen LogP contribution in [0.5, 0.6) is 0 Å². The first-order valence-electron chi connectivity index (χ1n) is 8.29. The van der Waals surface area contributed by atoms with Crippen molar-refractivity contribution in [2.24, 2.45) is 5.92 Å². The summed E-state index contributed by atoms with van der Waals surface area (Å²) in [4.78, 5) is 12.1. The number of nitrogens with zero attached hydrogens (tertiary/aromatic N) is 2. The molecular weight excluding hydrogens is 324 g/mol. The van der Waals surface area contributed by atoms with Gasteiger partial charge in [0, 0.05) is 24.1 Å². The third-order valence-electron chi connectivity index (χ3n) is 4.35. The van der Waals surface area contributed by atoms with Crippen LogP contribution >= 0.6 is 11.3 Å². The average molecular weight is 346 g/mol. The largest absolute Gasteiger partial charge is 0.396 e. The van der Waals surface area contributed by atoms with Crippen molar-refractivity contribution in [2.75, 3.05) is 6.61 Å². The normalized spacial score (nSPS) is 20.5. The van der Waals surface area contributed by atoms with Gasteiger partial charge >= 0.3 is 6.03 Å². The molecule has 0 aliphatic heterocycles. The Bertz CT molecular complexity index is 662. The fraction of sp³-hybridized carbons (Fsp3) is 0.471. The maximum atomic E-state index is 12.1. The van der Waals surface area contributed by atoms with Crippen LogP contribution in [0.2, 0.25) is 0 Å². The Morgan fingerprint density at radius 3 is 2.79 bits per heavy atom. The molecule has 1 aromatic carbocycles. The van der Waals surface area contributed by atoms with E-state index in [2.05, 4.69) is 20.8 Å². The Hall–Kier alpha value is -1.99. The molecule has 2 atom stereocenters. The van der Waals surface area contributed by atoms with E-state index in [9.17, 15) is 9.90 Å². The van der Waals surface area contributed by atoms with Crippen LogP contribution in [0.4, 0.5) is 4.79 Å². The van der Waals surface area contributed by atoms with Gasteiger partial charge in [0.25, 0.3) is 0 Å². The van der Waals surface area contributed by atoms with E-state index < -0.39 is 0 Å². The third kappa shape index (κ3) is 4.30. The minimum absolute atomic E-state index is 0.0537.